The van der Waals surface area contributed by atoms with Gasteiger partial charge >= 0.3 is 0 Å². The first-order chi connectivity index (χ1) is 25.4. The fourth-order valence-corrected chi connectivity index (χ4v) is 10.1. The van der Waals surface area contributed by atoms with Crippen LogP contribution in [0.5, 0.6) is 0 Å². The molecular formula is C48H49Br2IN2. The average molecular weight is 941 g/mol. The Balaban J connectivity index is 0.000000150. The number of H-pyrrole nitrogens is 1. The predicted molar refractivity (Wildman–Crippen MR) is 248 cm³/mol. The number of halogens is 3. The molecule has 0 fully saturated rings. The van der Waals surface area contributed by atoms with Gasteiger partial charge < -0.3 is 9.55 Å². The van der Waals surface area contributed by atoms with Crippen molar-refractivity contribution in [2.75, 3.05) is 0 Å². The second-order valence-corrected chi connectivity index (χ2v) is 17.9. The molecule has 0 bridgehead atoms. The van der Waals surface area contributed by atoms with E-state index < -0.39 is 0 Å². The average Bonchev–Trinajstić information content (AvgIpc) is 3.69. The first-order valence-corrected chi connectivity index (χ1v) is 21.3. The number of hydrogen-bond acceptors (Lipinski definition) is 0. The number of rotatable bonds is 5. The number of aromatic nitrogens is 2. The molecule has 0 unspecified atom stereocenters. The Morgan fingerprint density at radius 3 is 1.15 bits per heavy atom. The van der Waals surface area contributed by atoms with Crippen LogP contribution in [0.15, 0.2) is 130 Å². The van der Waals surface area contributed by atoms with Crippen LogP contribution in [-0.4, -0.2) is 9.55 Å². The number of hydrogen-bond donors (Lipinski definition) is 1. The highest BCUT2D eigenvalue weighted by atomic mass is 127. The molecule has 8 rings (SSSR count). The third kappa shape index (κ3) is 8.33. The van der Waals surface area contributed by atoms with E-state index in [1.165, 1.54) is 84.1 Å². The summed E-state index contributed by atoms with van der Waals surface area (Å²) in [6.45, 7) is 18.0. The molecule has 0 aliphatic rings. The summed E-state index contributed by atoms with van der Waals surface area (Å²) in [6, 6.07) is 43.4. The van der Waals surface area contributed by atoms with Gasteiger partial charge in [-0.15, -0.1) is 0 Å². The number of nitrogens with one attached hydrogen (secondary N) is 1. The van der Waals surface area contributed by atoms with Gasteiger partial charge in [0.05, 0.1) is 11.0 Å². The summed E-state index contributed by atoms with van der Waals surface area (Å²) in [4.78, 5) is 3.38. The molecule has 272 valence electrons. The fourth-order valence-electron chi connectivity index (χ4n) is 7.10. The van der Waals surface area contributed by atoms with Gasteiger partial charge in [0, 0.05) is 50.8 Å². The Morgan fingerprint density at radius 1 is 0.453 bits per heavy atom. The van der Waals surface area contributed by atoms with Gasteiger partial charge in [-0.05, 0) is 117 Å². The highest BCUT2D eigenvalue weighted by Gasteiger charge is 2.18. The van der Waals surface area contributed by atoms with Gasteiger partial charge in [0.2, 0.25) is 0 Å². The van der Waals surface area contributed by atoms with Gasteiger partial charge in [0.1, 0.15) is 0 Å². The van der Waals surface area contributed by atoms with Crippen LogP contribution in [0.1, 0.15) is 101 Å². The van der Waals surface area contributed by atoms with E-state index in [0.717, 1.165) is 0 Å². The van der Waals surface area contributed by atoms with Crippen molar-refractivity contribution in [1.29, 1.82) is 0 Å². The van der Waals surface area contributed by atoms with Crippen LogP contribution in [0.4, 0.5) is 0 Å². The van der Waals surface area contributed by atoms with Gasteiger partial charge in [-0.25, -0.2) is 0 Å². The summed E-state index contributed by atoms with van der Waals surface area (Å²) in [5.41, 5.74) is 11.8. The smallest absolute Gasteiger partial charge is 0.0541 e. The number of benzene rings is 6. The lowest BCUT2D eigenvalue weighted by molar-refractivity contribution is 0.820. The summed E-state index contributed by atoms with van der Waals surface area (Å²) in [5.74, 6) is 2.10. The first kappa shape index (κ1) is 39.3. The van der Waals surface area contributed by atoms with Crippen molar-refractivity contribution >= 4 is 98.1 Å². The molecule has 0 spiro atoms. The molecule has 8 aromatic rings. The van der Waals surface area contributed by atoms with E-state index in [1.54, 1.807) is 0 Å². The van der Waals surface area contributed by atoms with Gasteiger partial charge in [0.25, 0.3) is 0 Å². The van der Waals surface area contributed by atoms with Crippen molar-refractivity contribution in [2.45, 2.75) is 79.1 Å². The summed E-state index contributed by atoms with van der Waals surface area (Å²) in [6.07, 6.45) is 0. The highest BCUT2D eigenvalue weighted by Crippen LogP contribution is 2.38. The van der Waals surface area contributed by atoms with E-state index in [0.29, 0.717) is 23.7 Å². The first-order valence-electron chi connectivity index (χ1n) is 18.6. The van der Waals surface area contributed by atoms with E-state index in [2.05, 4.69) is 241 Å². The van der Waals surface area contributed by atoms with E-state index in [1.807, 2.05) is 0 Å². The number of nitrogens with zero attached hydrogens (tertiary/aromatic N) is 1. The Bertz CT molecular complexity index is 2360. The second kappa shape index (κ2) is 17.0. The lowest BCUT2D eigenvalue weighted by atomic mass is 9.94. The fraction of sp³-hybridized carbons (Fsp3) is 0.250. The molecule has 0 saturated carbocycles. The molecule has 0 saturated heterocycles. The minimum Gasteiger partial charge on any atom is -0.355 e. The molecule has 6 aromatic carbocycles. The summed E-state index contributed by atoms with van der Waals surface area (Å²) in [5, 5.41) is 5.22. The quantitative estimate of drug-likeness (QED) is 0.166. The highest BCUT2D eigenvalue weighted by molar-refractivity contribution is 14.1. The van der Waals surface area contributed by atoms with E-state index >= 15 is 0 Å². The van der Waals surface area contributed by atoms with Crippen LogP contribution in [0, 0.1) is 3.57 Å². The molecule has 2 aromatic heterocycles. The van der Waals surface area contributed by atoms with Crippen molar-refractivity contribution < 1.29 is 0 Å². The van der Waals surface area contributed by atoms with Crippen molar-refractivity contribution in [2.24, 2.45) is 0 Å². The number of fused-ring (bicyclic) bond motifs is 6. The van der Waals surface area contributed by atoms with Crippen LogP contribution in [-0.2, 0) is 0 Å². The topological polar surface area (TPSA) is 20.7 Å². The van der Waals surface area contributed by atoms with E-state index in [4.69, 9.17) is 0 Å². The lowest BCUT2D eigenvalue weighted by Crippen LogP contribution is -2.02. The summed E-state index contributed by atoms with van der Waals surface area (Å²) >= 11 is 9.98. The summed E-state index contributed by atoms with van der Waals surface area (Å²) < 4.78 is 6.29. The molecule has 0 amide bonds. The standard InChI is InChI=1S/C24H24BrN.C12H16BrI.C12H9N/c1-15(2)20-13-17(14-21(16(3)4)24(20)25)26-22-11-7-5-9-18(22)19-10-6-8-12-23(19)26;1-7(2)10-5-9(14)6-11(8(3)4)12(10)13;1-3-7-11-9(5-1)10-6-2-4-8-12(10)13-11/h5-16H,1-4H3;5-8H,1-4H3;1-8,13H. The largest absolute Gasteiger partial charge is 0.355 e. The molecule has 5 heteroatoms. The van der Waals surface area contributed by atoms with E-state index in [9.17, 15) is 0 Å². The maximum Gasteiger partial charge on any atom is 0.0541 e. The molecule has 2 nitrogen and oxygen atoms in total. The molecule has 1 N–H and O–H groups in total. The third-order valence-electron chi connectivity index (χ3n) is 9.95. The predicted octanol–water partition coefficient (Wildman–Crippen LogP) is 16.4. The SMILES string of the molecule is CC(C)c1cc(-n2c3ccccc3c3ccccc32)cc(C(C)C)c1Br.CC(C)c1cc(I)cc(C(C)C)c1Br.c1ccc2c(c1)[nH]c1ccccc12. The molecule has 2 heterocycles. The Morgan fingerprint density at radius 2 is 0.774 bits per heavy atom. The Kier molecular flexibility index (Phi) is 12.6. The van der Waals surface area contributed by atoms with Gasteiger partial charge in [-0.1, -0.05) is 160 Å². The molecule has 0 aliphatic heterocycles. The zero-order chi connectivity index (χ0) is 38.0. The number of aromatic amines is 1. The molecule has 0 atom stereocenters. The molecule has 53 heavy (non-hydrogen) atoms. The zero-order valence-electron chi connectivity index (χ0n) is 31.9. The lowest BCUT2D eigenvalue weighted by Gasteiger charge is -2.19. The molecular weight excluding hydrogens is 891 g/mol. The molecule has 0 aliphatic carbocycles. The maximum absolute atomic E-state index is 3.87. The van der Waals surface area contributed by atoms with Crippen molar-refractivity contribution in [3.05, 3.63) is 156 Å². The Labute approximate surface area is 345 Å². The van der Waals surface area contributed by atoms with Crippen molar-refractivity contribution in [3.8, 4) is 5.69 Å². The van der Waals surface area contributed by atoms with Crippen LogP contribution in [0.25, 0.3) is 49.3 Å². The zero-order valence-corrected chi connectivity index (χ0v) is 37.3. The maximum atomic E-state index is 3.87. The van der Waals surface area contributed by atoms with Crippen LogP contribution in [0.2, 0.25) is 0 Å². The number of para-hydroxylation sites is 4. The van der Waals surface area contributed by atoms with Crippen LogP contribution < -0.4 is 0 Å². The Hall–Kier alpha value is -3.39. The van der Waals surface area contributed by atoms with E-state index in [-0.39, 0.29) is 0 Å². The molecule has 0 radical (unpaired) electrons. The minimum atomic E-state index is 0.468. The summed E-state index contributed by atoms with van der Waals surface area (Å²) in [7, 11) is 0. The van der Waals surface area contributed by atoms with Crippen LogP contribution in [0.3, 0.4) is 0 Å². The van der Waals surface area contributed by atoms with Gasteiger partial charge in [0.15, 0.2) is 0 Å². The normalized spacial score (nSPS) is 11.6. The van der Waals surface area contributed by atoms with Crippen LogP contribution >= 0.6 is 54.5 Å². The van der Waals surface area contributed by atoms with Gasteiger partial charge in [-0.3, -0.25) is 0 Å². The van der Waals surface area contributed by atoms with Gasteiger partial charge in [-0.2, -0.15) is 0 Å². The monoisotopic (exact) mass is 938 g/mol. The van der Waals surface area contributed by atoms with Crippen molar-refractivity contribution in [1.82, 2.24) is 9.55 Å². The third-order valence-corrected chi connectivity index (χ3v) is 12.4. The second-order valence-electron chi connectivity index (χ2n) is 15.0. The minimum absolute atomic E-state index is 0.468. The van der Waals surface area contributed by atoms with Crippen molar-refractivity contribution in [3.63, 3.8) is 0 Å².